The second kappa shape index (κ2) is 11.2. The van der Waals surface area contributed by atoms with Gasteiger partial charge in [0.1, 0.15) is 36.3 Å². The number of nitrogens with two attached hydrogens (primary N) is 1. The van der Waals surface area contributed by atoms with E-state index in [1.807, 2.05) is 47.7 Å². The van der Waals surface area contributed by atoms with Gasteiger partial charge < -0.3 is 21.4 Å². The number of aromatic nitrogens is 6. The average molecular weight is 644 g/mol. The molecule has 4 aromatic heterocycles. The summed E-state index contributed by atoms with van der Waals surface area (Å²) in [5.74, 6) is -2.07. The predicted molar refractivity (Wildman–Crippen MR) is 154 cm³/mol. The van der Waals surface area contributed by atoms with Crippen LogP contribution in [-0.2, 0) is 21.4 Å². The Bertz CT molecular complexity index is 1800. The van der Waals surface area contributed by atoms with Crippen LogP contribution in [0, 0.1) is 0 Å². The summed E-state index contributed by atoms with van der Waals surface area (Å²) in [6, 6.07) is 2.86. The van der Waals surface area contributed by atoms with Crippen molar-refractivity contribution in [3.8, 4) is 17.1 Å². The van der Waals surface area contributed by atoms with Crippen molar-refractivity contribution in [3.63, 3.8) is 0 Å². The lowest BCUT2D eigenvalue weighted by molar-refractivity contribution is -0.671. The van der Waals surface area contributed by atoms with Gasteiger partial charge in [-0.15, -0.1) is 23.1 Å². The molecule has 6 rings (SSSR count). The van der Waals surface area contributed by atoms with Crippen LogP contribution in [0.1, 0.15) is 5.82 Å². The van der Waals surface area contributed by atoms with Gasteiger partial charge in [0.2, 0.25) is 11.5 Å². The topological polar surface area (TPSA) is 206 Å². The zero-order valence-electron chi connectivity index (χ0n) is 21.3. The number of imidazole rings is 1. The van der Waals surface area contributed by atoms with E-state index in [1.54, 1.807) is 10.9 Å². The number of rotatable bonds is 8. The first kappa shape index (κ1) is 27.8. The number of hydrogen-bond acceptors (Lipinski definition) is 14. The molecule has 2 amide bonds. The van der Waals surface area contributed by atoms with E-state index >= 15 is 0 Å². The van der Waals surface area contributed by atoms with Crippen LogP contribution < -0.4 is 15.6 Å². The fourth-order valence-corrected chi connectivity index (χ4v) is 8.13. The summed E-state index contributed by atoms with van der Waals surface area (Å²) in [4.78, 5) is 52.5. The smallest absolute Gasteiger partial charge is 0.353 e. The molecular weight excluding hydrogens is 625 g/mol. The minimum atomic E-state index is -1.27. The summed E-state index contributed by atoms with van der Waals surface area (Å²) in [6.07, 6.45) is 7.42. The summed E-state index contributed by atoms with van der Waals surface area (Å²) in [7, 11) is 1.93. The number of hydrogen-bond donors (Lipinski definition) is 4. The van der Waals surface area contributed by atoms with Gasteiger partial charge >= 0.3 is 5.97 Å². The van der Waals surface area contributed by atoms with Gasteiger partial charge in [-0.05, 0) is 6.07 Å². The lowest BCUT2D eigenvalue weighted by Gasteiger charge is -2.49. The van der Waals surface area contributed by atoms with Gasteiger partial charge in [0.05, 0.1) is 11.3 Å². The number of β-lactam (4-membered cyclic amide) rings is 1. The highest BCUT2D eigenvalue weighted by Gasteiger charge is 2.54. The van der Waals surface area contributed by atoms with Crippen LogP contribution in [0.5, 0.6) is 0 Å². The summed E-state index contributed by atoms with van der Waals surface area (Å²) in [5.41, 5.74) is 6.58. The van der Waals surface area contributed by atoms with Crippen LogP contribution in [-0.4, -0.2) is 79.8 Å². The normalized spacial score (nSPS) is 18.5. The molecule has 0 bridgehead atoms. The second-order valence-electron chi connectivity index (χ2n) is 8.84. The van der Waals surface area contributed by atoms with E-state index < -0.39 is 34.9 Å². The molecule has 0 aliphatic carbocycles. The Morgan fingerprint density at radius 1 is 1.33 bits per heavy atom. The molecule has 6 heterocycles. The maximum atomic E-state index is 13.0. The molecule has 2 aliphatic heterocycles. The maximum Gasteiger partial charge on any atom is 0.353 e. The van der Waals surface area contributed by atoms with Crippen LogP contribution in [0.2, 0.25) is 0 Å². The van der Waals surface area contributed by atoms with Crippen LogP contribution in [0.15, 0.2) is 62.5 Å². The molecule has 15 nitrogen and oxygen atoms in total. The number of thiazole rings is 1. The van der Waals surface area contributed by atoms with E-state index in [1.165, 1.54) is 34.9 Å². The maximum absolute atomic E-state index is 13.0. The lowest BCUT2D eigenvalue weighted by Crippen LogP contribution is -2.71. The number of carboxylic acid groups (broad SMARTS) is 1. The monoisotopic (exact) mass is 643 g/mol. The van der Waals surface area contributed by atoms with E-state index in [-0.39, 0.29) is 22.4 Å². The van der Waals surface area contributed by atoms with Crippen molar-refractivity contribution < 1.29 is 29.3 Å². The van der Waals surface area contributed by atoms with Gasteiger partial charge in [-0.2, -0.15) is 9.36 Å². The van der Waals surface area contributed by atoms with E-state index in [0.717, 1.165) is 27.7 Å². The third-order valence-electron chi connectivity index (χ3n) is 6.16. The van der Waals surface area contributed by atoms with Crippen molar-refractivity contribution in [3.05, 3.63) is 58.9 Å². The van der Waals surface area contributed by atoms with Gasteiger partial charge in [0.15, 0.2) is 21.9 Å². The first-order chi connectivity index (χ1) is 20.2. The number of anilines is 1. The molecule has 2 aliphatic rings. The number of amides is 2. The van der Waals surface area contributed by atoms with E-state index in [2.05, 4.69) is 29.8 Å². The second-order valence-corrected chi connectivity index (χ2v) is 12.9. The quantitative estimate of drug-likeness (QED) is 0.0696. The van der Waals surface area contributed by atoms with E-state index in [4.69, 9.17) is 5.73 Å². The number of aliphatic carboxylic acids is 1. The minimum Gasteiger partial charge on any atom is -0.477 e. The minimum absolute atomic E-state index is 0.0671. The number of oxime groups is 1. The standard InChI is InChI=1S/C23H18N10O5S4/c1-31-4-2-3-10(5-31)11-6-32(9-25-11)13-8-40-23(26-13)41-12-7-39-20-15(19(35)33(20)16(12)21(36)37)27-18(34)14(29-38)17-28-22(24)42-30-17/h2-6,8-9,15,20H,7H2,1H3,(H4-,24,27,28,30,34,36,37,38)/p+1/t15-,20-/m1/s1. The summed E-state index contributed by atoms with van der Waals surface area (Å²) in [5, 5.41) is 26.0. The van der Waals surface area contributed by atoms with Crippen molar-refractivity contribution >= 4 is 75.0 Å². The summed E-state index contributed by atoms with van der Waals surface area (Å²) < 4.78 is 8.15. The molecule has 1 saturated heterocycles. The Hall–Kier alpha value is -4.33. The van der Waals surface area contributed by atoms with Crippen LogP contribution in [0.3, 0.4) is 0 Å². The molecule has 19 heteroatoms. The Labute approximate surface area is 253 Å². The van der Waals surface area contributed by atoms with Gasteiger partial charge in [-0.1, -0.05) is 16.9 Å². The molecule has 0 spiro atoms. The largest absolute Gasteiger partial charge is 0.477 e. The van der Waals surface area contributed by atoms with E-state index in [0.29, 0.717) is 15.1 Å². The van der Waals surface area contributed by atoms with Crippen molar-refractivity contribution in [2.45, 2.75) is 15.8 Å². The molecule has 0 radical (unpaired) electrons. The van der Waals surface area contributed by atoms with Gasteiger partial charge in [0.25, 0.3) is 11.8 Å². The third kappa shape index (κ3) is 5.10. The number of nitrogens with one attached hydrogen (secondary N) is 1. The van der Waals surface area contributed by atoms with Crippen molar-refractivity contribution in [2.75, 3.05) is 11.5 Å². The van der Waals surface area contributed by atoms with Crippen molar-refractivity contribution in [1.82, 2.24) is 34.1 Å². The molecule has 0 saturated carbocycles. The lowest BCUT2D eigenvalue weighted by atomic mass is 10.0. The number of fused-ring (bicyclic) bond motifs is 1. The Balaban J connectivity index is 1.17. The fourth-order valence-electron chi connectivity index (χ4n) is 4.26. The first-order valence-electron chi connectivity index (χ1n) is 11.9. The number of aryl methyl sites for hydroxylation is 1. The van der Waals surface area contributed by atoms with Crippen LogP contribution in [0.25, 0.3) is 17.1 Å². The number of carbonyl (C=O) groups is 3. The van der Waals surface area contributed by atoms with Crippen molar-refractivity contribution in [2.24, 2.45) is 12.2 Å². The summed E-state index contributed by atoms with van der Waals surface area (Å²) >= 11 is 4.62. The molecule has 5 N–H and O–H groups in total. The molecule has 0 aromatic carbocycles. The SMILES string of the molecule is C[n+]1cccc(-c2cn(-c3csc(SC4=C(C(=O)O)N5C(=O)[C@@H](NC(=O)/C(=N\O)c6nsc(N)n6)[C@H]5SC4)n3)cn2)c1. The van der Waals surface area contributed by atoms with Gasteiger partial charge in [-0.3, -0.25) is 19.1 Å². The van der Waals surface area contributed by atoms with Gasteiger partial charge in [-0.25, -0.2) is 19.3 Å². The number of nitrogens with zero attached hydrogens (tertiary/aromatic N) is 8. The Morgan fingerprint density at radius 2 is 2.17 bits per heavy atom. The summed E-state index contributed by atoms with van der Waals surface area (Å²) in [6.45, 7) is 0. The number of carbonyl (C=O) groups excluding carboxylic acids is 2. The van der Waals surface area contributed by atoms with Crippen LogP contribution in [0.4, 0.5) is 5.13 Å². The highest BCUT2D eigenvalue weighted by atomic mass is 32.2. The average Bonchev–Trinajstić information content (AvgIpc) is 3.73. The highest BCUT2D eigenvalue weighted by molar-refractivity contribution is 8.07. The molecular formula is C23H19N10O5S4+. The Morgan fingerprint density at radius 3 is 2.88 bits per heavy atom. The Kier molecular flexibility index (Phi) is 7.39. The first-order valence-corrected chi connectivity index (χ1v) is 15.4. The fraction of sp³-hybridized carbons (Fsp3) is 0.174. The zero-order chi connectivity index (χ0) is 29.5. The molecule has 214 valence electrons. The predicted octanol–water partition coefficient (Wildman–Crippen LogP) is 0.921. The molecule has 1 fully saturated rings. The number of pyridine rings is 1. The van der Waals surface area contributed by atoms with Crippen LogP contribution >= 0.6 is 46.4 Å². The van der Waals surface area contributed by atoms with Gasteiger partial charge in [0, 0.05) is 39.8 Å². The number of nitrogen functional groups attached to an aromatic ring is 1. The third-order valence-corrected chi connectivity index (χ3v) is 10.2. The highest BCUT2D eigenvalue weighted by Crippen LogP contribution is 2.45. The zero-order valence-corrected chi connectivity index (χ0v) is 24.6. The molecule has 0 unspecified atom stereocenters. The van der Waals surface area contributed by atoms with E-state index in [9.17, 15) is 24.7 Å². The number of thioether (sulfide) groups is 2. The van der Waals surface area contributed by atoms with Crippen molar-refractivity contribution in [1.29, 1.82) is 0 Å². The number of carboxylic acids is 1. The molecule has 2 atom stereocenters. The molecule has 42 heavy (non-hydrogen) atoms. The molecule has 4 aromatic rings.